The molecule has 0 atom stereocenters. The summed E-state index contributed by atoms with van der Waals surface area (Å²) in [6.45, 7) is 13.8. The molecule has 0 aliphatic heterocycles. The lowest BCUT2D eigenvalue weighted by Gasteiger charge is -2.33. The molecular formula is C33H33BO. The smallest absolute Gasteiger partial charge is 0.304 e. The molecule has 174 valence electrons. The lowest BCUT2D eigenvalue weighted by atomic mass is 9.68. The van der Waals surface area contributed by atoms with E-state index in [0.717, 1.165) is 5.46 Å². The predicted octanol–water partition coefficient (Wildman–Crippen LogP) is 6.59. The average Bonchev–Trinajstić information content (AvgIpc) is 3.29. The Morgan fingerprint density at radius 3 is 1.51 bits per heavy atom. The Hall–Kier alpha value is -3.10. The maximum atomic E-state index is 10.1. The standard InChI is InChI=1S/C33H33BO/c1-31(2,3)20-11-14-24-25-15-12-21(32(4,5)6)18-29(25)33(28(24)17-20)27-10-8-7-9-23(27)26-16-13-22(34-35)19-30(26)33/h7-19,34-35H,1-6H3. The van der Waals surface area contributed by atoms with Crippen molar-refractivity contribution in [2.45, 2.75) is 57.8 Å². The molecule has 0 aromatic heterocycles. The molecule has 1 nitrogen and oxygen atoms in total. The minimum atomic E-state index is -0.385. The van der Waals surface area contributed by atoms with Gasteiger partial charge in [-0.2, -0.15) is 0 Å². The zero-order valence-electron chi connectivity index (χ0n) is 21.7. The molecule has 2 heteroatoms. The highest BCUT2D eigenvalue weighted by molar-refractivity contribution is 6.45. The van der Waals surface area contributed by atoms with E-state index in [2.05, 4.69) is 120 Å². The van der Waals surface area contributed by atoms with Gasteiger partial charge in [0.25, 0.3) is 0 Å². The molecule has 0 unspecified atom stereocenters. The number of fused-ring (bicyclic) bond motifs is 10. The molecule has 0 fully saturated rings. The highest BCUT2D eigenvalue weighted by Gasteiger charge is 2.52. The first kappa shape index (κ1) is 22.4. The summed E-state index contributed by atoms with van der Waals surface area (Å²) in [6, 6.07) is 29.7. The van der Waals surface area contributed by atoms with E-state index < -0.39 is 0 Å². The topological polar surface area (TPSA) is 20.2 Å². The van der Waals surface area contributed by atoms with E-state index >= 15 is 0 Å². The SMILES string of the molecule is CC(C)(C)c1ccc2c(c1)C1(c3ccccc3-c3ccc(BO)cc31)c1cc(C(C)(C)C)ccc1-2. The molecule has 35 heavy (non-hydrogen) atoms. The first-order valence-corrected chi connectivity index (χ1v) is 12.7. The van der Waals surface area contributed by atoms with E-state index in [1.54, 1.807) is 0 Å². The van der Waals surface area contributed by atoms with Crippen molar-refractivity contribution in [1.82, 2.24) is 0 Å². The van der Waals surface area contributed by atoms with Gasteiger partial charge >= 0.3 is 7.48 Å². The first-order chi connectivity index (χ1) is 16.6. The van der Waals surface area contributed by atoms with Crippen LogP contribution in [0.1, 0.15) is 74.9 Å². The number of hydrogen-bond acceptors (Lipinski definition) is 1. The molecule has 0 amide bonds. The number of rotatable bonds is 1. The first-order valence-electron chi connectivity index (χ1n) is 12.7. The fourth-order valence-corrected chi connectivity index (χ4v) is 6.26. The van der Waals surface area contributed by atoms with E-state index in [0.29, 0.717) is 0 Å². The summed E-state index contributed by atoms with van der Waals surface area (Å²) in [4.78, 5) is 0. The Morgan fingerprint density at radius 1 is 0.543 bits per heavy atom. The molecule has 0 heterocycles. The molecule has 4 aromatic carbocycles. The van der Waals surface area contributed by atoms with E-state index in [4.69, 9.17) is 0 Å². The van der Waals surface area contributed by atoms with Crippen LogP contribution < -0.4 is 5.46 Å². The van der Waals surface area contributed by atoms with Gasteiger partial charge in [0.15, 0.2) is 0 Å². The normalized spacial score (nSPS) is 14.9. The van der Waals surface area contributed by atoms with Crippen LogP contribution in [0, 0.1) is 0 Å². The second-order valence-electron chi connectivity index (χ2n) is 12.4. The third-order valence-electron chi connectivity index (χ3n) is 8.16. The largest absolute Gasteiger partial charge is 0.449 e. The van der Waals surface area contributed by atoms with Gasteiger partial charge in [0, 0.05) is 0 Å². The molecule has 0 saturated carbocycles. The highest BCUT2D eigenvalue weighted by Crippen LogP contribution is 2.63. The van der Waals surface area contributed by atoms with Crippen molar-refractivity contribution >= 4 is 12.9 Å². The quantitative estimate of drug-likeness (QED) is 0.277. The summed E-state index contributed by atoms with van der Waals surface area (Å²) in [6.07, 6.45) is 0. The van der Waals surface area contributed by atoms with E-state index in [1.807, 2.05) is 0 Å². The lowest BCUT2D eigenvalue weighted by molar-refractivity contribution is 0.586. The predicted molar refractivity (Wildman–Crippen MR) is 149 cm³/mol. The number of benzene rings is 4. The number of hydrogen-bond donors (Lipinski definition) is 1. The molecular weight excluding hydrogens is 423 g/mol. The van der Waals surface area contributed by atoms with Gasteiger partial charge < -0.3 is 5.02 Å². The molecule has 4 aromatic rings. The van der Waals surface area contributed by atoms with Crippen LogP contribution >= 0.6 is 0 Å². The maximum Gasteiger partial charge on any atom is 0.304 e. The summed E-state index contributed by atoms with van der Waals surface area (Å²) < 4.78 is 0. The van der Waals surface area contributed by atoms with Crippen molar-refractivity contribution in [3.63, 3.8) is 0 Å². The van der Waals surface area contributed by atoms with Gasteiger partial charge in [-0.15, -0.1) is 0 Å². The highest BCUT2D eigenvalue weighted by atomic mass is 16.2. The molecule has 2 aliphatic rings. The third kappa shape index (κ3) is 2.99. The van der Waals surface area contributed by atoms with Gasteiger partial charge in [0.2, 0.25) is 0 Å². The van der Waals surface area contributed by atoms with Crippen LogP contribution in [0.15, 0.2) is 78.9 Å². The molecule has 2 aliphatic carbocycles. The lowest BCUT2D eigenvalue weighted by Crippen LogP contribution is -2.29. The van der Waals surface area contributed by atoms with Gasteiger partial charge in [-0.05, 0) is 66.5 Å². The molecule has 1 spiro atoms. The van der Waals surface area contributed by atoms with Crippen LogP contribution in [0.5, 0.6) is 0 Å². The van der Waals surface area contributed by atoms with Crippen molar-refractivity contribution in [3.8, 4) is 22.3 Å². The minimum absolute atomic E-state index is 0.0451. The summed E-state index contributed by atoms with van der Waals surface area (Å²) in [7, 11) is 0.0451. The van der Waals surface area contributed by atoms with Crippen molar-refractivity contribution in [2.75, 3.05) is 0 Å². The maximum absolute atomic E-state index is 10.1. The van der Waals surface area contributed by atoms with Gasteiger partial charge in [0.1, 0.15) is 0 Å². The average molecular weight is 456 g/mol. The molecule has 1 N–H and O–H groups in total. The second-order valence-corrected chi connectivity index (χ2v) is 12.4. The zero-order valence-corrected chi connectivity index (χ0v) is 21.7. The molecule has 0 radical (unpaired) electrons. The van der Waals surface area contributed by atoms with Gasteiger partial charge in [0.05, 0.1) is 5.41 Å². The van der Waals surface area contributed by atoms with Crippen LogP contribution in [0.4, 0.5) is 0 Å². The van der Waals surface area contributed by atoms with Crippen LogP contribution in [0.2, 0.25) is 0 Å². The Bertz CT molecular complexity index is 1430. The van der Waals surface area contributed by atoms with Crippen LogP contribution in [0.25, 0.3) is 22.3 Å². The Kier molecular flexibility index (Phi) is 4.61. The van der Waals surface area contributed by atoms with Crippen LogP contribution in [0.3, 0.4) is 0 Å². The van der Waals surface area contributed by atoms with E-state index in [1.165, 1.54) is 55.6 Å². The van der Waals surface area contributed by atoms with Gasteiger partial charge in [-0.3, -0.25) is 0 Å². The van der Waals surface area contributed by atoms with Crippen LogP contribution in [-0.4, -0.2) is 12.5 Å². The van der Waals surface area contributed by atoms with Crippen molar-refractivity contribution < 1.29 is 5.02 Å². The Morgan fingerprint density at radius 2 is 1.00 bits per heavy atom. The molecule has 0 bridgehead atoms. The van der Waals surface area contributed by atoms with Gasteiger partial charge in [-0.1, -0.05) is 126 Å². The van der Waals surface area contributed by atoms with E-state index in [9.17, 15) is 5.02 Å². The zero-order chi connectivity index (χ0) is 24.8. The summed E-state index contributed by atoms with van der Waals surface area (Å²) in [5.41, 5.74) is 14.0. The summed E-state index contributed by atoms with van der Waals surface area (Å²) in [5.74, 6) is 0. The molecule has 0 saturated heterocycles. The Balaban J connectivity index is 1.81. The Labute approximate surface area is 210 Å². The second kappa shape index (κ2) is 7.21. The van der Waals surface area contributed by atoms with Gasteiger partial charge in [-0.25, -0.2) is 0 Å². The molecule has 6 rings (SSSR count). The summed E-state index contributed by atoms with van der Waals surface area (Å²) in [5, 5.41) is 10.1. The van der Waals surface area contributed by atoms with Crippen LogP contribution in [-0.2, 0) is 16.2 Å². The third-order valence-corrected chi connectivity index (χ3v) is 8.16. The minimum Gasteiger partial charge on any atom is -0.449 e. The van der Waals surface area contributed by atoms with E-state index in [-0.39, 0.29) is 23.7 Å². The fraction of sp³-hybridized carbons (Fsp3) is 0.273. The summed E-state index contributed by atoms with van der Waals surface area (Å²) >= 11 is 0. The van der Waals surface area contributed by atoms with Crippen molar-refractivity contribution in [2.24, 2.45) is 0 Å². The van der Waals surface area contributed by atoms with Crippen molar-refractivity contribution in [1.29, 1.82) is 0 Å². The monoisotopic (exact) mass is 456 g/mol. The fourth-order valence-electron chi connectivity index (χ4n) is 6.26. The van der Waals surface area contributed by atoms with Crippen molar-refractivity contribution in [3.05, 3.63) is 112 Å².